The number of allylic oxidation sites excluding steroid dienone is 1. The zero-order chi connectivity index (χ0) is 17.6. The van der Waals surface area contributed by atoms with Crippen LogP contribution in [0.25, 0.3) is 16.9 Å². The van der Waals surface area contributed by atoms with Gasteiger partial charge in [-0.25, -0.2) is 18.7 Å². The minimum Gasteiger partial charge on any atom is -0.324 e. The second kappa shape index (κ2) is 5.84. The standard InChI is InChI=1S/C18H17FN4O2/c1-2-8-22-17(24)15-16(20-11-21(15)10-12-6-7-12)23(18(22)25)14-5-3-4-13(19)9-14/h2-5,9,11-12H,1,6-8,10H2. The monoisotopic (exact) mass is 340 g/mol. The van der Waals surface area contributed by atoms with E-state index in [9.17, 15) is 14.0 Å². The van der Waals surface area contributed by atoms with Gasteiger partial charge in [0.1, 0.15) is 5.82 Å². The molecule has 0 spiro atoms. The Morgan fingerprint density at radius 2 is 2.12 bits per heavy atom. The lowest BCUT2D eigenvalue weighted by Gasteiger charge is -2.11. The molecule has 1 aromatic carbocycles. The molecule has 1 aliphatic carbocycles. The van der Waals surface area contributed by atoms with Gasteiger partial charge < -0.3 is 4.57 Å². The van der Waals surface area contributed by atoms with Gasteiger partial charge >= 0.3 is 5.69 Å². The summed E-state index contributed by atoms with van der Waals surface area (Å²) in [5.74, 6) is 0.0793. The Hall–Kier alpha value is -2.96. The highest BCUT2D eigenvalue weighted by atomic mass is 19.1. The Kier molecular flexibility index (Phi) is 3.63. The van der Waals surface area contributed by atoms with Crippen molar-refractivity contribution in [3.63, 3.8) is 0 Å². The summed E-state index contributed by atoms with van der Waals surface area (Å²) < 4.78 is 17.9. The number of aromatic nitrogens is 4. The van der Waals surface area contributed by atoms with Crippen LogP contribution in [0.1, 0.15) is 12.8 Å². The third-order valence-electron chi connectivity index (χ3n) is 4.43. The molecule has 128 valence electrons. The van der Waals surface area contributed by atoms with E-state index in [0.717, 1.165) is 17.4 Å². The fourth-order valence-corrected chi connectivity index (χ4v) is 3.03. The van der Waals surface area contributed by atoms with Crippen LogP contribution >= 0.6 is 0 Å². The van der Waals surface area contributed by atoms with Gasteiger partial charge in [0.25, 0.3) is 5.56 Å². The molecule has 0 atom stereocenters. The molecule has 0 N–H and O–H groups in total. The van der Waals surface area contributed by atoms with Crippen LogP contribution in [0.5, 0.6) is 0 Å². The molecule has 2 heterocycles. The maximum absolute atomic E-state index is 13.7. The van der Waals surface area contributed by atoms with E-state index in [1.165, 1.54) is 28.8 Å². The summed E-state index contributed by atoms with van der Waals surface area (Å²) in [5, 5.41) is 0. The highest BCUT2D eigenvalue weighted by Gasteiger charge is 2.25. The fourth-order valence-electron chi connectivity index (χ4n) is 3.03. The summed E-state index contributed by atoms with van der Waals surface area (Å²) in [5.41, 5.74) is -0.00553. The van der Waals surface area contributed by atoms with Crippen molar-refractivity contribution >= 4 is 11.2 Å². The normalized spacial score (nSPS) is 14.1. The van der Waals surface area contributed by atoms with Gasteiger partial charge in [-0.3, -0.25) is 9.36 Å². The lowest BCUT2D eigenvalue weighted by atomic mass is 10.3. The summed E-state index contributed by atoms with van der Waals surface area (Å²) in [4.78, 5) is 30.0. The van der Waals surface area contributed by atoms with Gasteiger partial charge in [0.2, 0.25) is 0 Å². The SMILES string of the molecule is C=CCn1c(=O)c2c(ncn2CC2CC2)n(-c2cccc(F)c2)c1=O. The van der Waals surface area contributed by atoms with Crippen molar-refractivity contribution in [3.8, 4) is 5.69 Å². The Bertz CT molecular complexity index is 1090. The molecule has 1 fully saturated rings. The summed E-state index contributed by atoms with van der Waals surface area (Å²) in [6, 6.07) is 5.69. The zero-order valence-electron chi connectivity index (χ0n) is 13.6. The smallest absolute Gasteiger partial charge is 0.324 e. The first-order chi connectivity index (χ1) is 12.1. The molecule has 6 nitrogen and oxygen atoms in total. The van der Waals surface area contributed by atoms with E-state index in [4.69, 9.17) is 0 Å². The second-order valence-electron chi connectivity index (χ2n) is 6.31. The van der Waals surface area contributed by atoms with E-state index in [1.807, 2.05) is 0 Å². The van der Waals surface area contributed by atoms with E-state index < -0.39 is 17.1 Å². The number of nitrogens with zero attached hydrogens (tertiary/aromatic N) is 4. The third-order valence-corrected chi connectivity index (χ3v) is 4.43. The van der Waals surface area contributed by atoms with Crippen molar-refractivity contribution in [2.75, 3.05) is 0 Å². The van der Waals surface area contributed by atoms with Crippen LogP contribution < -0.4 is 11.2 Å². The van der Waals surface area contributed by atoms with Crippen molar-refractivity contribution in [2.45, 2.75) is 25.9 Å². The molecule has 0 saturated heterocycles. The van der Waals surface area contributed by atoms with Crippen molar-refractivity contribution < 1.29 is 4.39 Å². The van der Waals surface area contributed by atoms with Gasteiger partial charge in [-0.15, -0.1) is 6.58 Å². The number of benzene rings is 1. The van der Waals surface area contributed by atoms with Gasteiger partial charge in [-0.1, -0.05) is 12.1 Å². The average molecular weight is 340 g/mol. The van der Waals surface area contributed by atoms with Crippen LogP contribution in [0.15, 0.2) is 52.8 Å². The highest BCUT2D eigenvalue weighted by Crippen LogP contribution is 2.31. The van der Waals surface area contributed by atoms with Gasteiger partial charge in [-0.05, 0) is 37.0 Å². The first-order valence-corrected chi connectivity index (χ1v) is 8.17. The summed E-state index contributed by atoms with van der Waals surface area (Å²) >= 11 is 0. The van der Waals surface area contributed by atoms with Crippen molar-refractivity contribution in [3.05, 3.63) is 69.9 Å². The summed E-state index contributed by atoms with van der Waals surface area (Å²) in [7, 11) is 0. The third kappa shape index (κ3) is 2.61. The largest absolute Gasteiger partial charge is 0.337 e. The molecule has 0 amide bonds. The number of hydrogen-bond acceptors (Lipinski definition) is 3. The Labute approximate surface area is 142 Å². The lowest BCUT2D eigenvalue weighted by molar-refractivity contribution is 0.623. The molecular formula is C18H17FN4O2. The van der Waals surface area contributed by atoms with Crippen LogP contribution in [0.2, 0.25) is 0 Å². The highest BCUT2D eigenvalue weighted by molar-refractivity contribution is 5.72. The minimum atomic E-state index is -0.556. The molecule has 1 saturated carbocycles. The van der Waals surface area contributed by atoms with Crippen LogP contribution in [0.3, 0.4) is 0 Å². The molecular weight excluding hydrogens is 323 g/mol. The fraction of sp³-hybridized carbons (Fsp3) is 0.278. The summed E-state index contributed by atoms with van der Waals surface area (Å²) in [6.07, 6.45) is 5.33. The van der Waals surface area contributed by atoms with Crippen molar-refractivity contribution in [1.29, 1.82) is 0 Å². The molecule has 0 unspecified atom stereocenters. The van der Waals surface area contributed by atoms with Gasteiger partial charge in [0.15, 0.2) is 11.2 Å². The van der Waals surface area contributed by atoms with E-state index in [2.05, 4.69) is 11.6 Å². The number of halogens is 1. The molecule has 0 bridgehead atoms. The second-order valence-corrected chi connectivity index (χ2v) is 6.31. The van der Waals surface area contributed by atoms with Crippen LogP contribution in [0.4, 0.5) is 4.39 Å². The number of imidazole rings is 1. The molecule has 0 radical (unpaired) electrons. The van der Waals surface area contributed by atoms with Crippen molar-refractivity contribution in [1.82, 2.24) is 18.7 Å². The number of hydrogen-bond donors (Lipinski definition) is 0. The van der Waals surface area contributed by atoms with Crippen LogP contribution in [0, 0.1) is 11.7 Å². The van der Waals surface area contributed by atoms with Gasteiger partial charge in [0, 0.05) is 13.1 Å². The minimum absolute atomic E-state index is 0.0809. The van der Waals surface area contributed by atoms with E-state index in [0.29, 0.717) is 23.7 Å². The molecule has 2 aromatic heterocycles. The van der Waals surface area contributed by atoms with Crippen LogP contribution in [-0.2, 0) is 13.1 Å². The van der Waals surface area contributed by atoms with E-state index >= 15 is 0 Å². The topological polar surface area (TPSA) is 61.8 Å². The van der Waals surface area contributed by atoms with Gasteiger partial charge in [0.05, 0.1) is 12.0 Å². The quantitative estimate of drug-likeness (QED) is 0.668. The predicted molar refractivity (Wildman–Crippen MR) is 92.5 cm³/mol. The van der Waals surface area contributed by atoms with Crippen molar-refractivity contribution in [2.24, 2.45) is 5.92 Å². The molecule has 1 aliphatic rings. The molecule has 4 rings (SSSR count). The number of rotatable bonds is 5. The average Bonchev–Trinajstić information content (AvgIpc) is 3.30. The number of fused-ring (bicyclic) bond motifs is 1. The molecule has 25 heavy (non-hydrogen) atoms. The first-order valence-electron chi connectivity index (χ1n) is 8.17. The molecule has 3 aromatic rings. The zero-order valence-corrected chi connectivity index (χ0v) is 13.6. The Morgan fingerprint density at radius 1 is 1.32 bits per heavy atom. The van der Waals surface area contributed by atoms with Gasteiger partial charge in [-0.2, -0.15) is 0 Å². The predicted octanol–water partition coefficient (Wildman–Crippen LogP) is 2.08. The molecule has 7 heteroatoms. The maximum Gasteiger partial charge on any atom is 0.337 e. The molecule has 0 aliphatic heterocycles. The Morgan fingerprint density at radius 3 is 2.80 bits per heavy atom. The van der Waals surface area contributed by atoms with Crippen LogP contribution in [-0.4, -0.2) is 18.7 Å². The lowest BCUT2D eigenvalue weighted by Crippen LogP contribution is -2.39. The van der Waals surface area contributed by atoms with E-state index in [-0.39, 0.29) is 12.2 Å². The Balaban J connectivity index is 2.06. The van der Waals surface area contributed by atoms with E-state index in [1.54, 1.807) is 17.0 Å². The summed E-state index contributed by atoms with van der Waals surface area (Å²) in [6.45, 7) is 4.39. The maximum atomic E-state index is 13.7. The first kappa shape index (κ1) is 15.6.